The molecule has 6 rings (SSSR count). The van der Waals surface area contributed by atoms with Gasteiger partial charge in [0, 0.05) is 58.7 Å². The Hall–Kier alpha value is -2.36. The van der Waals surface area contributed by atoms with Gasteiger partial charge in [0.2, 0.25) is 0 Å². The first-order chi connectivity index (χ1) is 11.9. The lowest BCUT2D eigenvalue weighted by Gasteiger charge is -2.20. The molecule has 1 nitrogen and oxygen atoms in total. The van der Waals surface area contributed by atoms with Crippen LogP contribution in [0.15, 0.2) is 76.8 Å². The molecule has 2 aromatic heterocycles. The second kappa shape index (κ2) is 4.59. The van der Waals surface area contributed by atoms with Crippen molar-refractivity contribution in [3.05, 3.63) is 67.0 Å². The number of pyridine rings is 1. The Kier molecular flexibility index (Phi) is 2.49. The topological polar surface area (TPSA) is 12.9 Å². The average Bonchev–Trinajstić information content (AvgIpc) is 3.01. The van der Waals surface area contributed by atoms with Crippen LogP contribution in [0.2, 0.25) is 0 Å². The minimum atomic E-state index is 1.25. The first-order valence-electron chi connectivity index (χ1n) is 7.89. The normalized spacial score (nSPS) is 12.8. The van der Waals surface area contributed by atoms with Crippen LogP contribution in [0.5, 0.6) is 0 Å². The second-order valence-corrected chi connectivity index (χ2v) is 8.19. The van der Waals surface area contributed by atoms with Gasteiger partial charge in [0.15, 0.2) is 0 Å². The highest BCUT2D eigenvalue weighted by molar-refractivity contribution is 7.99. The Balaban J connectivity index is 1.91. The van der Waals surface area contributed by atoms with Crippen LogP contribution in [0.4, 0.5) is 0 Å². The maximum Gasteiger partial charge on any atom is 0.0434 e. The molecule has 0 radical (unpaired) electrons. The molecule has 0 amide bonds. The van der Waals surface area contributed by atoms with Gasteiger partial charge < -0.3 is 0 Å². The number of rotatable bonds is 0. The largest absolute Gasteiger partial charge is 0.264 e. The molecule has 1 aliphatic rings. The third-order valence-electron chi connectivity index (χ3n) is 4.75. The average molecular weight is 341 g/mol. The molecule has 0 unspecified atom stereocenters. The van der Waals surface area contributed by atoms with Crippen LogP contribution < -0.4 is 0 Å². The predicted molar refractivity (Wildman–Crippen MR) is 104 cm³/mol. The number of benzene rings is 3. The highest BCUT2D eigenvalue weighted by Crippen LogP contribution is 2.51. The van der Waals surface area contributed by atoms with Crippen molar-refractivity contribution in [2.24, 2.45) is 0 Å². The van der Waals surface area contributed by atoms with Gasteiger partial charge in [0.25, 0.3) is 0 Å². The summed E-state index contributed by atoms with van der Waals surface area (Å²) in [4.78, 5) is 7.02. The number of aromatic nitrogens is 1. The summed E-state index contributed by atoms with van der Waals surface area (Å²) in [6.45, 7) is 0. The minimum Gasteiger partial charge on any atom is -0.264 e. The van der Waals surface area contributed by atoms with E-state index in [1.807, 2.05) is 35.5 Å². The van der Waals surface area contributed by atoms with E-state index in [0.717, 1.165) is 0 Å². The number of hydrogen-bond acceptors (Lipinski definition) is 3. The number of fused-ring (bicyclic) bond motifs is 6. The molecule has 3 heterocycles. The van der Waals surface area contributed by atoms with E-state index in [9.17, 15) is 0 Å². The molecular formula is C21H11NS2. The van der Waals surface area contributed by atoms with E-state index in [0.29, 0.717) is 0 Å². The zero-order valence-corrected chi connectivity index (χ0v) is 14.2. The Morgan fingerprint density at radius 1 is 0.750 bits per heavy atom. The van der Waals surface area contributed by atoms with Gasteiger partial charge >= 0.3 is 0 Å². The predicted octanol–water partition coefficient (Wildman–Crippen LogP) is 6.73. The van der Waals surface area contributed by atoms with Gasteiger partial charge in [-0.25, -0.2) is 0 Å². The van der Waals surface area contributed by atoms with Crippen LogP contribution in [-0.2, 0) is 0 Å². The van der Waals surface area contributed by atoms with Crippen LogP contribution in [0.25, 0.3) is 42.1 Å². The third kappa shape index (κ3) is 1.58. The van der Waals surface area contributed by atoms with Crippen molar-refractivity contribution in [2.75, 3.05) is 0 Å². The maximum atomic E-state index is 4.38. The van der Waals surface area contributed by atoms with E-state index < -0.39 is 0 Å². The van der Waals surface area contributed by atoms with Gasteiger partial charge in [0.05, 0.1) is 0 Å². The van der Waals surface area contributed by atoms with Crippen LogP contribution in [-0.4, -0.2) is 4.98 Å². The Bertz CT molecular complexity index is 1280. The lowest BCUT2D eigenvalue weighted by molar-refractivity contribution is 1.26. The molecule has 0 bridgehead atoms. The quantitative estimate of drug-likeness (QED) is 0.304. The summed E-state index contributed by atoms with van der Waals surface area (Å²) in [6, 6.07) is 19.9. The zero-order chi connectivity index (χ0) is 15.7. The van der Waals surface area contributed by atoms with Gasteiger partial charge in [-0.15, -0.1) is 11.3 Å². The molecule has 0 fully saturated rings. The molecule has 112 valence electrons. The molecular weight excluding hydrogens is 330 g/mol. The van der Waals surface area contributed by atoms with Gasteiger partial charge in [-0.2, -0.15) is 0 Å². The minimum absolute atomic E-state index is 1.25. The summed E-state index contributed by atoms with van der Waals surface area (Å²) in [5.74, 6) is 0. The molecule has 0 spiro atoms. The van der Waals surface area contributed by atoms with E-state index in [2.05, 4.69) is 59.6 Å². The first-order valence-corrected chi connectivity index (χ1v) is 9.53. The van der Waals surface area contributed by atoms with Gasteiger partial charge in [-0.05, 0) is 29.8 Å². The van der Waals surface area contributed by atoms with Crippen molar-refractivity contribution in [2.45, 2.75) is 9.79 Å². The zero-order valence-electron chi connectivity index (χ0n) is 12.6. The smallest absolute Gasteiger partial charge is 0.0434 e. The van der Waals surface area contributed by atoms with Crippen LogP contribution in [0.3, 0.4) is 0 Å². The summed E-state index contributed by atoms with van der Waals surface area (Å²) in [6.07, 6.45) is 3.89. The van der Waals surface area contributed by atoms with E-state index in [1.54, 1.807) is 0 Å². The lowest BCUT2D eigenvalue weighted by Crippen LogP contribution is -1.93. The summed E-state index contributed by atoms with van der Waals surface area (Å²) >= 11 is 3.75. The number of thiophene rings is 1. The highest BCUT2D eigenvalue weighted by Gasteiger charge is 2.21. The summed E-state index contributed by atoms with van der Waals surface area (Å²) in [5, 5.41) is 5.45. The maximum absolute atomic E-state index is 4.38. The Labute approximate surface area is 147 Å². The Morgan fingerprint density at radius 2 is 1.67 bits per heavy atom. The molecule has 24 heavy (non-hydrogen) atoms. The molecule has 0 N–H and O–H groups in total. The fraction of sp³-hybridized carbons (Fsp3) is 0. The van der Waals surface area contributed by atoms with Crippen molar-refractivity contribution in [3.63, 3.8) is 0 Å². The number of nitrogens with zero attached hydrogens (tertiary/aromatic N) is 1. The SMILES string of the molecule is c1ccc2c(c1)sc1c3cccc4c3c(cc21)-c1cnccc1S4. The fourth-order valence-corrected chi connectivity index (χ4v) is 6.03. The highest BCUT2D eigenvalue weighted by atomic mass is 32.2. The molecule has 0 saturated carbocycles. The van der Waals surface area contributed by atoms with Crippen molar-refractivity contribution < 1.29 is 0 Å². The monoisotopic (exact) mass is 341 g/mol. The molecule has 0 saturated heterocycles. The summed E-state index contributed by atoms with van der Waals surface area (Å²) < 4.78 is 2.75. The van der Waals surface area contributed by atoms with Crippen molar-refractivity contribution >= 4 is 54.0 Å². The summed E-state index contributed by atoms with van der Waals surface area (Å²) in [5.41, 5.74) is 2.57. The first kappa shape index (κ1) is 13.0. The van der Waals surface area contributed by atoms with Crippen molar-refractivity contribution in [1.29, 1.82) is 0 Å². The Morgan fingerprint density at radius 3 is 2.67 bits per heavy atom. The van der Waals surface area contributed by atoms with Crippen molar-refractivity contribution in [3.8, 4) is 11.1 Å². The van der Waals surface area contributed by atoms with Gasteiger partial charge in [0.1, 0.15) is 0 Å². The van der Waals surface area contributed by atoms with Crippen LogP contribution >= 0.6 is 23.1 Å². The number of hydrogen-bond donors (Lipinski definition) is 0. The molecule has 3 heteroatoms. The fourth-order valence-electron chi connectivity index (χ4n) is 3.71. The molecule has 0 atom stereocenters. The van der Waals surface area contributed by atoms with E-state index in [1.165, 1.54) is 51.9 Å². The van der Waals surface area contributed by atoms with Crippen LogP contribution in [0.1, 0.15) is 0 Å². The van der Waals surface area contributed by atoms with Crippen LogP contribution in [0, 0.1) is 0 Å². The van der Waals surface area contributed by atoms with E-state index >= 15 is 0 Å². The summed E-state index contributed by atoms with van der Waals surface area (Å²) in [7, 11) is 0. The van der Waals surface area contributed by atoms with Gasteiger partial charge in [-0.1, -0.05) is 42.1 Å². The molecule has 3 aromatic carbocycles. The van der Waals surface area contributed by atoms with Crippen molar-refractivity contribution in [1.82, 2.24) is 4.98 Å². The standard InChI is InChI=1S/C21H11NS2/c1-2-6-17-12(4-1)15-10-14-16-11-22-9-8-18(16)23-19-7-3-5-13(20(14)19)21(15)24-17/h1-11H. The van der Waals surface area contributed by atoms with E-state index in [-0.39, 0.29) is 0 Å². The third-order valence-corrected chi connectivity index (χ3v) is 7.11. The lowest BCUT2D eigenvalue weighted by atomic mass is 9.96. The van der Waals surface area contributed by atoms with Gasteiger partial charge in [-0.3, -0.25) is 4.98 Å². The van der Waals surface area contributed by atoms with E-state index in [4.69, 9.17) is 0 Å². The molecule has 5 aromatic rings. The molecule has 1 aliphatic heterocycles. The molecule has 0 aliphatic carbocycles. The second-order valence-electron chi connectivity index (χ2n) is 6.05.